The molecule has 0 radical (unpaired) electrons. The van der Waals surface area contributed by atoms with Crippen molar-refractivity contribution in [2.45, 2.75) is 20.5 Å². The number of nitrogens with one attached hydrogen (secondary N) is 2. The fourth-order valence-corrected chi connectivity index (χ4v) is 3.42. The number of aryl methyl sites for hydroxylation is 1. The highest BCUT2D eigenvalue weighted by atomic mass is 79.9. The molecule has 0 aliphatic carbocycles. The number of rotatable bonds is 9. The molecule has 1 atom stereocenters. The number of carbonyl (C=O) groups excluding carboxylic acids is 2. The minimum Gasteiger partial charge on any atom is -0.493 e. The SMILES string of the molecule is COc1cc(C=NNC(=O)C(C)C(=O)Nc2ccccc2Br)ccc1OCc1cccc(C)c1. The van der Waals surface area contributed by atoms with Crippen LogP contribution in [0.3, 0.4) is 0 Å². The van der Waals surface area contributed by atoms with E-state index in [1.54, 1.807) is 43.5 Å². The highest BCUT2D eigenvalue weighted by Gasteiger charge is 2.21. The molecular weight excluding hydrogens is 498 g/mol. The van der Waals surface area contributed by atoms with E-state index in [0.29, 0.717) is 29.4 Å². The summed E-state index contributed by atoms with van der Waals surface area (Å²) in [6.07, 6.45) is 1.48. The van der Waals surface area contributed by atoms with E-state index in [9.17, 15) is 9.59 Å². The van der Waals surface area contributed by atoms with Crippen molar-refractivity contribution >= 4 is 39.6 Å². The number of benzene rings is 3. The largest absolute Gasteiger partial charge is 0.493 e. The van der Waals surface area contributed by atoms with Crippen molar-refractivity contribution in [3.05, 3.63) is 87.9 Å². The second kappa shape index (κ2) is 12.0. The third-order valence-corrected chi connectivity index (χ3v) is 5.66. The van der Waals surface area contributed by atoms with Gasteiger partial charge in [-0.1, -0.05) is 42.0 Å². The Balaban J connectivity index is 1.56. The van der Waals surface area contributed by atoms with Crippen molar-refractivity contribution in [1.82, 2.24) is 5.43 Å². The molecule has 3 aromatic carbocycles. The maximum Gasteiger partial charge on any atom is 0.252 e. The number of anilines is 1. The zero-order chi connectivity index (χ0) is 24.5. The summed E-state index contributed by atoms with van der Waals surface area (Å²) in [6, 6.07) is 20.6. The van der Waals surface area contributed by atoms with Gasteiger partial charge in [0, 0.05) is 4.47 Å². The molecule has 0 aromatic heterocycles. The summed E-state index contributed by atoms with van der Waals surface area (Å²) in [5.41, 5.74) is 5.92. The minimum atomic E-state index is -0.934. The fraction of sp³-hybridized carbons (Fsp3) is 0.192. The first-order valence-corrected chi connectivity index (χ1v) is 11.4. The number of hydrazone groups is 1. The first-order valence-electron chi connectivity index (χ1n) is 10.6. The number of hydrogen-bond acceptors (Lipinski definition) is 5. The minimum absolute atomic E-state index is 0.418. The standard InChI is InChI=1S/C26H26BrN3O4/c1-17-7-6-8-20(13-17)16-34-23-12-11-19(14-24(23)33-3)15-28-30-26(32)18(2)25(31)29-22-10-5-4-9-21(22)27/h4-15,18H,16H2,1-3H3,(H,29,31)(H,30,32). The topological polar surface area (TPSA) is 89.0 Å². The maximum absolute atomic E-state index is 12.4. The third-order valence-electron chi connectivity index (χ3n) is 4.97. The first-order chi connectivity index (χ1) is 16.4. The maximum atomic E-state index is 12.4. The number of hydrogen-bond donors (Lipinski definition) is 2. The van der Waals surface area contributed by atoms with Gasteiger partial charge in [0.15, 0.2) is 11.5 Å². The van der Waals surface area contributed by atoms with Crippen LogP contribution in [0.4, 0.5) is 5.69 Å². The van der Waals surface area contributed by atoms with E-state index >= 15 is 0 Å². The Morgan fingerprint density at radius 1 is 1.03 bits per heavy atom. The second-order valence-electron chi connectivity index (χ2n) is 7.61. The van der Waals surface area contributed by atoms with Crippen LogP contribution in [0.2, 0.25) is 0 Å². The summed E-state index contributed by atoms with van der Waals surface area (Å²) < 4.78 is 12.1. The summed E-state index contributed by atoms with van der Waals surface area (Å²) in [7, 11) is 1.56. The van der Waals surface area contributed by atoms with Crippen molar-refractivity contribution in [3.8, 4) is 11.5 Å². The van der Waals surface area contributed by atoms with Gasteiger partial charge in [-0.25, -0.2) is 5.43 Å². The predicted molar refractivity (Wildman–Crippen MR) is 136 cm³/mol. The molecule has 0 saturated heterocycles. The summed E-state index contributed by atoms with van der Waals surface area (Å²) in [4.78, 5) is 24.7. The van der Waals surface area contributed by atoms with Crippen LogP contribution < -0.4 is 20.2 Å². The lowest BCUT2D eigenvalue weighted by molar-refractivity contribution is -0.131. The Kier molecular flexibility index (Phi) is 8.81. The van der Waals surface area contributed by atoms with Crippen LogP contribution in [-0.4, -0.2) is 25.1 Å². The van der Waals surface area contributed by atoms with E-state index < -0.39 is 17.7 Å². The van der Waals surface area contributed by atoms with E-state index in [-0.39, 0.29) is 0 Å². The van der Waals surface area contributed by atoms with Gasteiger partial charge >= 0.3 is 0 Å². The molecule has 34 heavy (non-hydrogen) atoms. The smallest absolute Gasteiger partial charge is 0.252 e. The molecule has 0 aliphatic heterocycles. The number of para-hydroxylation sites is 1. The molecule has 0 fully saturated rings. The van der Waals surface area contributed by atoms with E-state index in [4.69, 9.17) is 9.47 Å². The third kappa shape index (κ3) is 6.92. The lowest BCUT2D eigenvalue weighted by Crippen LogP contribution is -2.34. The molecule has 2 amide bonds. The molecular formula is C26H26BrN3O4. The molecule has 7 nitrogen and oxygen atoms in total. The number of ether oxygens (including phenoxy) is 2. The molecule has 3 rings (SSSR count). The van der Waals surface area contributed by atoms with E-state index in [2.05, 4.69) is 37.8 Å². The van der Waals surface area contributed by atoms with Gasteiger partial charge in [0.25, 0.3) is 5.91 Å². The van der Waals surface area contributed by atoms with Crippen LogP contribution in [0.15, 0.2) is 76.3 Å². The average Bonchev–Trinajstić information content (AvgIpc) is 2.84. The van der Waals surface area contributed by atoms with E-state index in [0.717, 1.165) is 10.0 Å². The van der Waals surface area contributed by atoms with Crippen LogP contribution in [0.1, 0.15) is 23.6 Å². The Morgan fingerprint density at radius 2 is 1.82 bits per heavy atom. The number of amides is 2. The molecule has 3 aromatic rings. The van der Waals surface area contributed by atoms with Crippen molar-refractivity contribution in [3.63, 3.8) is 0 Å². The highest BCUT2D eigenvalue weighted by Crippen LogP contribution is 2.28. The second-order valence-corrected chi connectivity index (χ2v) is 8.47. The van der Waals surface area contributed by atoms with E-state index in [1.165, 1.54) is 18.7 Å². The van der Waals surface area contributed by atoms with Gasteiger partial charge in [-0.3, -0.25) is 9.59 Å². The van der Waals surface area contributed by atoms with Gasteiger partial charge in [-0.15, -0.1) is 0 Å². The summed E-state index contributed by atoms with van der Waals surface area (Å²) in [5, 5.41) is 6.69. The zero-order valence-corrected chi connectivity index (χ0v) is 20.8. The zero-order valence-electron chi connectivity index (χ0n) is 19.2. The van der Waals surface area contributed by atoms with Crippen LogP contribution in [0.5, 0.6) is 11.5 Å². The summed E-state index contributed by atoms with van der Waals surface area (Å²) >= 11 is 3.36. The molecule has 0 bridgehead atoms. The van der Waals surface area contributed by atoms with Gasteiger partial charge in [-0.2, -0.15) is 5.10 Å². The van der Waals surface area contributed by atoms with Gasteiger partial charge in [0.2, 0.25) is 5.91 Å². The lowest BCUT2D eigenvalue weighted by atomic mass is 10.1. The van der Waals surface area contributed by atoms with Gasteiger partial charge in [0.1, 0.15) is 12.5 Å². The van der Waals surface area contributed by atoms with Crippen LogP contribution in [0.25, 0.3) is 0 Å². The number of nitrogens with zero attached hydrogens (tertiary/aromatic N) is 1. The predicted octanol–water partition coefficient (Wildman–Crippen LogP) is 5.07. The Hall–Kier alpha value is -3.65. The average molecular weight is 524 g/mol. The van der Waals surface area contributed by atoms with Crippen LogP contribution in [-0.2, 0) is 16.2 Å². The Morgan fingerprint density at radius 3 is 2.56 bits per heavy atom. The summed E-state index contributed by atoms with van der Waals surface area (Å²) in [6.45, 7) is 3.97. The summed E-state index contributed by atoms with van der Waals surface area (Å²) in [5.74, 6) is -0.745. The quantitative estimate of drug-likeness (QED) is 0.233. The molecule has 2 N–H and O–H groups in total. The normalized spacial score (nSPS) is 11.6. The van der Waals surface area contributed by atoms with Crippen molar-refractivity contribution < 1.29 is 19.1 Å². The van der Waals surface area contributed by atoms with Crippen molar-refractivity contribution in [2.24, 2.45) is 11.0 Å². The molecule has 0 heterocycles. The molecule has 0 aliphatic rings. The number of halogens is 1. The Bertz CT molecular complexity index is 1200. The van der Waals surface area contributed by atoms with Crippen molar-refractivity contribution in [2.75, 3.05) is 12.4 Å². The lowest BCUT2D eigenvalue weighted by Gasteiger charge is -2.12. The fourth-order valence-electron chi connectivity index (χ4n) is 3.04. The molecule has 1 unspecified atom stereocenters. The van der Waals surface area contributed by atoms with Crippen LogP contribution in [0, 0.1) is 12.8 Å². The van der Waals surface area contributed by atoms with Gasteiger partial charge < -0.3 is 14.8 Å². The molecule has 8 heteroatoms. The first kappa shape index (κ1) is 25.0. The molecule has 176 valence electrons. The number of methoxy groups -OCH3 is 1. The molecule has 0 spiro atoms. The monoisotopic (exact) mass is 523 g/mol. The Labute approximate surface area is 207 Å². The highest BCUT2D eigenvalue weighted by molar-refractivity contribution is 9.10. The van der Waals surface area contributed by atoms with Gasteiger partial charge in [-0.05, 0) is 71.2 Å². The molecule has 0 saturated carbocycles. The van der Waals surface area contributed by atoms with Gasteiger partial charge in [0.05, 0.1) is 19.0 Å². The van der Waals surface area contributed by atoms with Crippen molar-refractivity contribution in [1.29, 1.82) is 0 Å². The van der Waals surface area contributed by atoms with E-state index in [1.807, 2.05) is 31.2 Å². The number of carbonyl (C=O) groups is 2. The van der Waals surface area contributed by atoms with Crippen LogP contribution >= 0.6 is 15.9 Å².